The number of phenolic OH excluding ortho intramolecular Hbond substituents is 1. The highest BCUT2D eigenvalue weighted by Crippen LogP contribution is 2.37. The molecule has 0 saturated carbocycles. The van der Waals surface area contributed by atoms with Gasteiger partial charge in [-0.2, -0.15) is 0 Å². The first-order valence-corrected chi connectivity index (χ1v) is 8.18. The van der Waals surface area contributed by atoms with Crippen molar-refractivity contribution in [2.45, 2.75) is 0 Å². The molecule has 4 nitrogen and oxygen atoms in total. The van der Waals surface area contributed by atoms with E-state index in [1.165, 1.54) is 18.9 Å². The fourth-order valence-corrected chi connectivity index (χ4v) is 3.16. The maximum absolute atomic E-state index is 9.91. The van der Waals surface area contributed by atoms with Crippen molar-refractivity contribution < 1.29 is 14.6 Å². The van der Waals surface area contributed by atoms with Crippen molar-refractivity contribution in [2.75, 3.05) is 14.2 Å². The molecule has 5 heteroatoms. The Balaban J connectivity index is 1.78. The fraction of sp³-hybridized carbons (Fsp3) is 0.105. The SMILES string of the molecule is COc1cc(/C=C/C=C/c2nc3ccccc3s2)cc(OC)c1O. The van der Waals surface area contributed by atoms with E-state index in [1.54, 1.807) is 23.5 Å². The molecule has 24 heavy (non-hydrogen) atoms. The molecule has 2 aromatic carbocycles. The third-order valence-electron chi connectivity index (χ3n) is 3.45. The number of thiazole rings is 1. The lowest BCUT2D eigenvalue weighted by molar-refractivity contribution is 0.340. The normalized spacial score (nSPS) is 11.6. The van der Waals surface area contributed by atoms with Gasteiger partial charge in [0.2, 0.25) is 5.75 Å². The first-order valence-electron chi connectivity index (χ1n) is 7.36. The number of benzene rings is 2. The topological polar surface area (TPSA) is 51.6 Å². The van der Waals surface area contributed by atoms with Crippen LogP contribution in [0.1, 0.15) is 10.6 Å². The van der Waals surface area contributed by atoms with Gasteiger partial charge in [0.15, 0.2) is 11.5 Å². The molecule has 122 valence electrons. The lowest BCUT2D eigenvalue weighted by atomic mass is 10.1. The van der Waals surface area contributed by atoms with E-state index in [0.29, 0.717) is 11.5 Å². The van der Waals surface area contributed by atoms with Crippen LogP contribution >= 0.6 is 11.3 Å². The number of aromatic nitrogens is 1. The summed E-state index contributed by atoms with van der Waals surface area (Å²) in [5.41, 5.74) is 1.88. The summed E-state index contributed by atoms with van der Waals surface area (Å²) in [6.07, 6.45) is 7.73. The molecule has 0 aliphatic carbocycles. The predicted octanol–water partition coefficient (Wildman–Crippen LogP) is 4.75. The third-order valence-corrected chi connectivity index (χ3v) is 4.45. The molecule has 1 N–H and O–H groups in total. The van der Waals surface area contributed by atoms with E-state index in [4.69, 9.17) is 9.47 Å². The zero-order valence-corrected chi connectivity index (χ0v) is 14.2. The largest absolute Gasteiger partial charge is 0.502 e. The number of hydrogen-bond acceptors (Lipinski definition) is 5. The molecular formula is C19H17NO3S. The number of methoxy groups -OCH3 is 2. The van der Waals surface area contributed by atoms with Gasteiger partial charge >= 0.3 is 0 Å². The summed E-state index contributed by atoms with van der Waals surface area (Å²) < 4.78 is 11.5. The number of ether oxygens (including phenoxy) is 2. The van der Waals surface area contributed by atoms with Crippen LogP contribution in [0.3, 0.4) is 0 Å². The minimum Gasteiger partial charge on any atom is -0.502 e. The molecular weight excluding hydrogens is 322 g/mol. The summed E-state index contributed by atoms with van der Waals surface area (Å²) in [5.74, 6) is 0.760. The van der Waals surface area contributed by atoms with Crippen LogP contribution in [0.4, 0.5) is 0 Å². The maximum Gasteiger partial charge on any atom is 0.200 e. The van der Waals surface area contributed by atoms with Crippen molar-refractivity contribution in [1.82, 2.24) is 4.98 Å². The Morgan fingerprint density at radius 3 is 2.33 bits per heavy atom. The molecule has 3 rings (SSSR count). The summed E-state index contributed by atoms with van der Waals surface area (Å²) in [6.45, 7) is 0. The van der Waals surface area contributed by atoms with E-state index in [1.807, 2.05) is 42.5 Å². The molecule has 1 heterocycles. The average molecular weight is 339 g/mol. The maximum atomic E-state index is 9.91. The van der Waals surface area contributed by atoms with E-state index in [0.717, 1.165) is 16.1 Å². The van der Waals surface area contributed by atoms with Gasteiger partial charge in [-0.15, -0.1) is 11.3 Å². The molecule has 1 aromatic heterocycles. The molecule has 0 fully saturated rings. The third kappa shape index (κ3) is 3.41. The molecule has 0 aliphatic rings. The zero-order valence-electron chi connectivity index (χ0n) is 13.4. The highest BCUT2D eigenvalue weighted by atomic mass is 32.1. The molecule has 3 aromatic rings. The monoisotopic (exact) mass is 339 g/mol. The van der Waals surface area contributed by atoms with Crippen LogP contribution in [0, 0.1) is 0 Å². The number of rotatable bonds is 5. The second-order valence-electron chi connectivity index (χ2n) is 5.01. The molecule has 0 amide bonds. The molecule has 0 radical (unpaired) electrons. The number of aromatic hydroxyl groups is 1. The van der Waals surface area contributed by atoms with Gasteiger partial charge in [0.05, 0.1) is 24.4 Å². The number of para-hydroxylation sites is 1. The van der Waals surface area contributed by atoms with Gasteiger partial charge in [-0.3, -0.25) is 0 Å². The minimum atomic E-state index is 0.00201. The van der Waals surface area contributed by atoms with E-state index in [2.05, 4.69) is 11.1 Å². The number of fused-ring (bicyclic) bond motifs is 1. The highest BCUT2D eigenvalue weighted by molar-refractivity contribution is 7.19. The van der Waals surface area contributed by atoms with Crippen molar-refractivity contribution >= 4 is 33.7 Å². The van der Waals surface area contributed by atoms with Crippen molar-refractivity contribution in [3.05, 3.63) is 59.1 Å². The predicted molar refractivity (Wildman–Crippen MR) is 98.9 cm³/mol. The zero-order chi connectivity index (χ0) is 16.9. The van der Waals surface area contributed by atoms with Crippen LogP contribution in [0.5, 0.6) is 17.2 Å². The van der Waals surface area contributed by atoms with Crippen LogP contribution in [0.2, 0.25) is 0 Å². The van der Waals surface area contributed by atoms with Gasteiger partial charge in [0.1, 0.15) is 5.01 Å². The minimum absolute atomic E-state index is 0.00201. The first kappa shape index (κ1) is 16.1. The molecule has 0 aliphatic heterocycles. The molecule has 0 bridgehead atoms. The van der Waals surface area contributed by atoms with Gasteiger partial charge in [-0.25, -0.2) is 4.98 Å². The van der Waals surface area contributed by atoms with Crippen molar-refractivity contribution in [1.29, 1.82) is 0 Å². The summed E-state index contributed by atoms with van der Waals surface area (Å²) in [5, 5.41) is 10.9. The van der Waals surface area contributed by atoms with Gasteiger partial charge in [0.25, 0.3) is 0 Å². The standard InChI is InChI=1S/C19H17NO3S/c1-22-15-11-13(12-16(23-2)19(15)21)7-3-6-10-18-20-14-8-4-5-9-17(14)24-18/h3-12,21H,1-2H3/b7-3+,10-6+. The lowest BCUT2D eigenvalue weighted by Gasteiger charge is -2.09. The molecule has 0 unspecified atom stereocenters. The second kappa shape index (κ2) is 7.19. The van der Waals surface area contributed by atoms with Gasteiger partial charge in [-0.1, -0.05) is 30.4 Å². The Hall–Kier alpha value is -2.79. The molecule has 0 spiro atoms. The molecule has 0 atom stereocenters. The Morgan fingerprint density at radius 1 is 1.00 bits per heavy atom. The summed E-state index contributed by atoms with van der Waals surface area (Å²) in [7, 11) is 3.02. The quantitative estimate of drug-likeness (QED) is 0.682. The van der Waals surface area contributed by atoms with Crippen LogP contribution in [0.25, 0.3) is 22.4 Å². The highest BCUT2D eigenvalue weighted by Gasteiger charge is 2.09. The number of hydrogen-bond donors (Lipinski definition) is 1. The van der Waals surface area contributed by atoms with E-state index >= 15 is 0 Å². The first-order chi connectivity index (χ1) is 11.7. The van der Waals surface area contributed by atoms with Gasteiger partial charge in [0, 0.05) is 0 Å². The molecule has 0 saturated heterocycles. The van der Waals surface area contributed by atoms with Crippen molar-refractivity contribution in [3.8, 4) is 17.2 Å². The number of nitrogens with zero attached hydrogens (tertiary/aromatic N) is 1. The van der Waals surface area contributed by atoms with Crippen LogP contribution < -0.4 is 9.47 Å². The van der Waals surface area contributed by atoms with Gasteiger partial charge < -0.3 is 14.6 Å². The Morgan fingerprint density at radius 2 is 1.67 bits per heavy atom. The fourth-order valence-electron chi connectivity index (χ4n) is 2.28. The number of allylic oxidation sites excluding steroid dienone is 2. The average Bonchev–Trinajstić information content (AvgIpc) is 3.02. The Kier molecular flexibility index (Phi) is 4.82. The van der Waals surface area contributed by atoms with E-state index in [9.17, 15) is 5.11 Å². The van der Waals surface area contributed by atoms with E-state index < -0.39 is 0 Å². The van der Waals surface area contributed by atoms with Crippen LogP contribution in [0.15, 0.2) is 48.6 Å². The second-order valence-corrected chi connectivity index (χ2v) is 6.07. The Labute approximate surface area is 144 Å². The lowest BCUT2D eigenvalue weighted by Crippen LogP contribution is -1.90. The van der Waals surface area contributed by atoms with Crippen LogP contribution in [-0.4, -0.2) is 24.3 Å². The summed E-state index contributed by atoms with van der Waals surface area (Å²) >= 11 is 1.65. The smallest absolute Gasteiger partial charge is 0.200 e. The summed E-state index contributed by atoms with van der Waals surface area (Å²) in [4.78, 5) is 4.55. The van der Waals surface area contributed by atoms with Crippen LogP contribution in [-0.2, 0) is 0 Å². The van der Waals surface area contributed by atoms with Gasteiger partial charge in [-0.05, 0) is 35.9 Å². The van der Waals surface area contributed by atoms with Crippen molar-refractivity contribution in [2.24, 2.45) is 0 Å². The summed E-state index contributed by atoms with van der Waals surface area (Å²) in [6, 6.07) is 11.6. The number of phenols is 1. The van der Waals surface area contributed by atoms with E-state index in [-0.39, 0.29) is 5.75 Å². The van der Waals surface area contributed by atoms with Crippen molar-refractivity contribution in [3.63, 3.8) is 0 Å². The Bertz CT molecular complexity index is 854.